The molecule has 1 aliphatic heterocycles. The zero-order valence-electron chi connectivity index (χ0n) is 16.5. The highest BCUT2D eigenvalue weighted by atomic mass is 16.7. The first-order valence-electron chi connectivity index (χ1n) is 9.93. The zero-order valence-corrected chi connectivity index (χ0v) is 16.5. The summed E-state index contributed by atoms with van der Waals surface area (Å²) in [5.41, 5.74) is 3.99. The van der Waals surface area contributed by atoms with Crippen molar-refractivity contribution in [1.82, 2.24) is 20.1 Å². The summed E-state index contributed by atoms with van der Waals surface area (Å²) in [6.45, 7) is 0.0887. The number of ether oxygens (including phenoxy) is 2. The zero-order chi connectivity index (χ0) is 20.7. The summed E-state index contributed by atoms with van der Waals surface area (Å²) in [5, 5.41) is 17.0. The number of pyridine rings is 1. The normalized spacial score (nSPS) is 19.4. The van der Waals surface area contributed by atoms with Crippen molar-refractivity contribution < 1.29 is 19.4 Å². The van der Waals surface area contributed by atoms with E-state index in [-0.39, 0.29) is 18.7 Å². The molecule has 0 unspecified atom stereocenters. The number of amides is 1. The number of rotatable bonds is 5. The summed E-state index contributed by atoms with van der Waals surface area (Å²) < 4.78 is 12.8. The van der Waals surface area contributed by atoms with Gasteiger partial charge >= 0.3 is 0 Å². The van der Waals surface area contributed by atoms with Crippen LogP contribution < -0.4 is 14.8 Å². The number of carbonyl (C=O) groups is 1. The van der Waals surface area contributed by atoms with Gasteiger partial charge in [-0.05, 0) is 54.7 Å². The van der Waals surface area contributed by atoms with Gasteiger partial charge in [0.2, 0.25) is 6.79 Å². The number of nitrogens with zero attached hydrogens (tertiary/aromatic N) is 3. The minimum absolute atomic E-state index is 0.0887. The number of benzene rings is 1. The summed E-state index contributed by atoms with van der Waals surface area (Å²) in [7, 11) is 1.87. The van der Waals surface area contributed by atoms with Crippen LogP contribution in [-0.4, -0.2) is 44.7 Å². The van der Waals surface area contributed by atoms with E-state index in [1.807, 2.05) is 49.8 Å². The van der Waals surface area contributed by atoms with Crippen molar-refractivity contribution in [2.24, 2.45) is 7.05 Å². The molecule has 2 N–H and O–H groups in total. The molecule has 8 nitrogen and oxygen atoms in total. The molecule has 1 aromatic carbocycles. The molecule has 3 heterocycles. The maximum absolute atomic E-state index is 12.8. The van der Waals surface area contributed by atoms with Crippen molar-refractivity contribution in [3.8, 4) is 22.9 Å². The van der Waals surface area contributed by atoms with Crippen LogP contribution in [0.1, 0.15) is 34.3 Å². The molecule has 1 amide bonds. The molecule has 1 saturated carbocycles. The molecule has 2 aromatic heterocycles. The number of hydrogen-bond donors (Lipinski definition) is 2. The molecule has 0 spiro atoms. The highest BCUT2D eigenvalue weighted by molar-refractivity contribution is 5.98. The van der Waals surface area contributed by atoms with Crippen molar-refractivity contribution in [3.63, 3.8) is 0 Å². The quantitative estimate of drug-likeness (QED) is 0.673. The lowest BCUT2D eigenvalue weighted by molar-refractivity contribution is 0.0446. The van der Waals surface area contributed by atoms with Crippen LogP contribution in [0.5, 0.6) is 11.5 Å². The molecule has 1 fully saturated rings. The van der Waals surface area contributed by atoms with Gasteiger partial charge in [-0.3, -0.25) is 14.5 Å². The van der Waals surface area contributed by atoms with Gasteiger partial charge in [-0.25, -0.2) is 0 Å². The number of aromatic nitrogens is 3. The average Bonchev–Trinajstić information content (AvgIpc) is 3.39. The maximum Gasteiger partial charge on any atom is 0.255 e. The minimum Gasteiger partial charge on any atom is -0.454 e. The summed E-state index contributed by atoms with van der Waals surface area (Å²) in [5.74, 6) is 0.754. The van der Waals surface area contributed by atoms with E-state index in [9.17, 15) is 9.90 Å². The summed E-state index contributed by atoms with van der Waals surface area (Å²) in [6.07, 6.45) is 5.31. The van der Waals surface area contributed by atoms with Gasteiger partial charge in [0.15, 0.2) is 11.5 Å². The standard InChI is InChI=1S/C22H22N4O4/c1-26-7-6-17(25-26)16-3-2-13(11-23-16)8-14-9-15(21-20(10-14)29-12-30-21)22(28)24-18-4-5-19(18)27/h2-3,6-7,9-11,18-19,27H,4-5,8,12H2,1H3,(H,24,28)/t18-,19-/m0/s1. The van der Waals surface area contributed by atoms with Crippen LogP contribution in [0.25, 0.3) is 11.4 Å². The van der Waals surface area contributed by atoms with Gasteiger partial charge in [0.1, 0.15) is 5.69 Å². The summed E-state index contributed by atoms with van der Waals surface area (Å²) >= 11 is 0. The van der Waals surface area contributed by atoms with Crippen LogP contribution in [0, 0.1) is 0 Å². The largest absolute Gasteiger partial charge is 0.454 e. The van der Waals surface area contributed by atoms with Crippen LogP contribution in [-0.2, 0) is 13.5 Å². The van der Waals surface area contributed by atoms with Crippen molar-refractivity contribution in [3.05, 3.63) is 59.4 Å². The molecule has 0 radical (unpaired) electrons. The third kappa shape index (κ3) is 3.50. The van der Waals surface area contributed by atoms with E-state index >= 15 is 0 Å². The summed E-state index contributed by atoms with van der Waals surface area (Å²) in [6, 6.07) is 9.37. The first-order chi connectivity index (χ1) is 14.6. The molecule has 154 valence electrons. The Kier molecular flexibility index (Phi) is 4.63. The molecule has 3 aromatic rings. The van der Waals surface area contributed by atoms with Gasteiger partial charge in [0.05, 0.1) is 23.4 Å². The fourth-order valence-corrected chi connectivity index (χ4v) is 3.70. The smallest absolute Gasteiger partial charge is 0.255 e. The Morgan fingerprint density at radius 3 is 2.77 bits per heavy atom. The lowest BCUT2D eigenvalue weighted by atomic mass is 9.89. The van der Waals surface area contributed by atoms with E-state index in [0.717, 1.165) is 28.9 Å². The van der Waals surface area contributed by atoms with Gasteiger partial charge in [0, 0.05) is 19.4 Å². The monoisotopic (exact) mass is 406 g/mol. The fraction of sp³-hybridized carbons (Fsp3) is 0.318. The average molecular weight is 406 g/mol. The second-order valence-corrected chi connectivity index (χ2v) is 7.70. The van der Waals surface area contributed by atoms with Gasteiger partial charge in [0.25, 0.3) is 5.91 Å². The van der Waals surface area contributed by atoms with Crippen molar-refractivity contribution in [2.75, 3.05) is 6.79 Å². The van der Waals surface area contributed by atoms with E-state index in [2.05, 4.69) is 15.4 Å². The Morgan fingerprint density at radius 1 is 1.20 bits per heavy atom. The highest BCUT2D eigenvalue weighted by Crippen LogP contribution is 2.38. The fourth-order valence-electron chi connectivity index (χ4n) is 3.70. The van der Waals surface area contributed by atoms with Crippen molar-refractivity contribution in [1.29, 1.82) is 0 Å². The van der Waals surface area contributed by atoms with Gasteiger partial charge in [-0.1, -0.05) is 6.07 Å². The van der Waals surface area contributed by atoms with Crippen LogP contribution in [0.15, 0.2) is 42.7 Å². The first-order valence-corrected chi connectivity index (χ1v) is 9.93. The number of hydrogen-bond acceptors (Lipinski definition) is 6. The molecule has 8 heteroatoms. The molecule has 1 aliphatic carbocycles. The molecule has 30 heavy (non-hydrogen) atoms. The van der Waals surface area contributed by atoms with Crippen molar-refractivity contribution in [2.45, 2.75) is 31.4 Å². The van der Waals surface area contributed by atoms with E-state index < -0.39 is 6.10 Å². The third-order valence-corrected chi connectivity index (χ3v) is 5.54. The second kappa shape index (κ2) is 7.46. The molecule has 0 bridgehead atoms. The lowest BCUT2D eigenvalue weighted by Crippen LogP contribution is -2.50. The SMILES string of the molecule is Cn1ccc(-c2ccc(Cc3cc4c(c(C(=O)N[C@H]5CC[C@@H]5O)c3)OCO4)cn2)n1. The molecule has 5 rings (SSSR count). The molecule has 2 atom stereocenters. The Bertz CT molecular complexity index is 1090. The number of aliphatic hydroxyl groups is 1. The van der Waals surface area contributed by atoms with E-state index in [0.29, 0.717) is 29.9 Å². The Labute approximate surface area is 173 Å². The van der Waals surface area contributed by atoms with Gasteiger partial charge < -0.3 is 19.9 Å². The maximum atomic E-state index is 12.8. The van der Waals surface area contributed by atoms with Gasteiger partial charge in [-0.15, -0.1) is 0 Å². The third-order valence-electron chi connectivity index (χ3n) is 5.54. The van der Waals surface area contributed by atoms with E-state index in [1.54, 1.807) is 4.68 Å². The first kappa shape index (κ1) is 18.6. The van der Waals surface area contributed by atoms with E-state index in [1.165, 1.54) is 0 Å². The Hall–Kier alpha value is -3.39. The molecular weight excluding hydrogens is 384 g/mol. The van der Waals surface area contributed by atoms with E-state index in [4.69, 9.17) is 9.47 Å². The topological polar surface area (TPSA) is 98.5 Å². The second-order valence-electron chi connectivity index (χ2n) is 7.70. The number of aliphatic hydroxyl groups excluding tert-OH is 1. The number of fused-ring (bicyclic) bond motifs is 1. The highest BCUT2D eigenvalue weighted by Gasteiger charge is 2.32. The predicted octanol–water partition coefficient (Wildman–Crippen LogP) is 2.05. The number of nitrogens with one attached hydrogen (secondary N) is 1. The van der Waals surface area contributed by atoms with Crippen LogP contribution in [0.2, 0.25) is 0 Å². The Balaban J connectivity index is 1.37. The predicted molar refractivity (Wildman–Crippen MR) is 108 cm³/mol. The lowest BCUT2D eigenvalue weighted by Gasteiger charge is -2.33. The Morgan fingerprint density at radius 2 is 2.10 bits per heavy atom. The molecule has 2 aliphatic rings. The molecular formula is C22H22N4O4. The number of carbonyl (C=O) groups excluding carboxylic acids is 1. The minimum atomic E-state index is -0.481. The number of aryl methyl sites for hydroxylation is 1. The summed E-state index contributed by atoms with van der Waals surface area (Å²) in [4.78, 5) is 17.3. The van der Waals surface area contributed by atoms with Gasteiger partial charge in [-0.2, -0.15) is 5.10 Å². The van der Waals surface area contributed by atoms with Crippen LogP contribution >= 0.6 is 0 Å². The molecule has 0 saturated heterocycles. The van der Waals surface area contributed by atoms with Crippen molar-refractivity contribution >= 4 is 5.91 Å². The van der Waals surface area contributed by atoms with Crippen LogP contribution in [0.4, 0.5) is 0 Å². The van der Waals surface area contributed by atoms with Crippen LogP contribution in [0.3, 0.4) is 0 Å².